The van der Waals surface area contributed by atoms with E-state index in [1.54, 1.807) is 14.0 Å². The average molecular weight is 293 g/mol. The topological polar surface area (TPSA) is 99.2 Å². The fraction of sp³-hybridized carbons (Fsp3) is 0.467. The summed E-state index contributed by atoms with van der Waals surface area (Å²) in [5.74, 6) is -1.04. The lowest BCUT2D eigenvalue weighted by atomic mass is 9.97. The minimum atomic E-state index is -0.712. The van der Waals surface area contributed by atoms with Crippen LogP contribution in [0.25, 0.3) is 0 Å². The van der Waals surface area contributed by atoms with Gasteiger partial charge in [0.05, 0.1) is 6.10 Å². The number of rotatable bonds is 7. The lowest BCUT2D eigenvalue weighted by Crippen LogP contribution is -2.42. The first-order valence-electron chi connectivity index (χ1n) is 6.90. The zero-order chi connectivity index (χ0) is 15.8. The fourth-order valence-electron chi connectivity index (χ4n) is 1.99. The smallest absolute Gasteiger partial charge is 0.233 e. The van der Waals surface area contributed by atoms with Gasteiger partial charge in [0.1, 0.15) is 5.92 Å². The normalized spacial score (nSPS) is 14.5. The molecule has 0 heterocycles. The number of carbonyl (C=O) groups excluding carboxylic acids is 1. The zero-order valence-electron chi connectivity index (χ0n) is 12.4. The first-order chi connectivity index (χ1) is 9.95. The molecule has 0 spiro atoms. The van der Waals surface area contributed by atoms with E-state index >= 15 is 0 Å². The zero-order valence-corrected chi connectivity index (χ0v) is 12.4. The Hall–Kier alpha value is -2.08. The van der Waals surface area contributed by atoms with Crippen molar-refractivity contribution in [3.05, 3.63) is 35.9 Å². The number of oxime groups is 1. The summed E-state index contributed by atoms with van der Waals surface area (Å²) in [4.78, 5) is 13.9. The number of nitrogens with two attached hydrogens (primary N) is 1. The third kappa shape index (κ3) is 5.43. The van der Waals surface area contributed by atoms with Gasteiger partial charge in [-0.05, 0) is 25.3 Å². The van der Waals surface area contributed by atoms with Crippen molar-refractivity contribution in [1.29, 1.82) is 0 Å². The Morgan fingerprint density at radius 2 is 2.00 bits per heavy atom. The lowest BCUT2D eigenvalue weighted by Gasteiger charge is -2.23. The van der Waals surface area contributed by atoms with E-state index in [4.69, 9.17) is 10.9 Å². The van der Waals surface area contributed by atoms with Crippen molar-refractivity contribution in [2.75, 3.05) is 13.6 Å². The van der Waals surface area contributed by atoms with Crippen LogP contribution in [0.2, 0.25) is 0 Å². The van der Waals surface area contributed by atoms with E-state index in [1.807, 2.05) is 30.3 Å². The van der Waals surface area contributed by atoms with Crippen molar-refractivity contribution < 1.29 is 15.1 Å². The second kappa shape index (κ2) is 8.26. The van der Waals surface area contributed by atoms with Crippen molar-refractivity contribution in [2.24, 2.45) is 16.8 Å². The van der Waals surface area contributed by atoms with E-state index in [-0.39, 0.29) is 11.7 Å². The summed E-state index contributed by atoms with van der Waals surface area (Å²) in [5.41, 5.74) is 6.60. The Labute approximate surface area is 124 Å². The minimum Gasteiger partial charge on any atom is -0.409 e. The van der Waals surface area contributed by atoms with E-state index < -0.39 is 12.0 Å². The number of amidine groups is 1. The first-order valence-corrected chi connectivity index (χ1v) is 6.90. The molecule has 2 atom stereocenters. The predicted molar refractivity (Wildman–Crippen MR) is 81.0 cm³/mol. The van der Waals surface area contributed by atoms with Crippen molar-refractivity contribution in [2.45, 2.75) is 25.9 Å². The Balaban J connectivity index is 2.80. The van der Waals surface area contributed by atoms with Crippen LogP contribution in [0.4, 0.5) is 0 Å². The summed E-state index contributed by atoms with van der Waals surface area (Å²) in [7, 11) is 1.65. The standard InChI is InChI=1S/C15H23N3O3/c1-11(19)8-9-18(2)15(20)13(14(16)17-21)10-12-6-4-3-5-7-12/h3-7,11,13,19,21H,8-10H2,1-2H3,(H2,16,17). The molecule has 0 aromatic heterocycles. The summed E-state index contributed by atoms with van der Waals surface area (Å²) >= 11 is 0. The van der Waals surface area contributed by atoms with Crippen LogP contribution in [0.5, 0.6) is 0 Å². The highest BCUT2D eigenvalue weighted by Crippen LogP contribution is 2.12. The molecule has 0 saturated heterocycles. The molecular formula is C15H23N3O3. The Kier molecular flexibility index (Phi) is 6.68. The van der Waals surface area contributed by atoms with Crippen LogP contribution in [0.15, 0.2) is 35.5 Å². The second-order valence-corrected chi connectivity index (χ2v) is 5.16. The summed E-state index contributed by atoms with van der Waals surface area (Å²) in [6.45, 7) is 2.09. The summed E-state index contributed by atoms with van der Waals surface area (Å²) in [6.07, 6.45) is 0.377. The summed E-state index contributed by atoms with van der Waals surface area (Å²) in [6, 6.07) is 9.42. The number of carbonyl (C=O) groups is 1. The molecule has 6 nitrogen and oxygen atoms in total. The molecule has 0 bridgehead atoms. The van der Waals surface area contributed by atoms with Gasteiger partial charge >= 0.3 is 0 Å². The molecule has 0 radical (unpaired) electrons. The molecular weight excluding hydrogens is 270 g/mol. The number of benzene rings is 1. The molecule has 0 fully saturated rings. The van der Waals surface area contributed by atoms with Crippen molar-refractivity contribution in [3.63, 3.8) is 0 Å². The van der Waals surface area contributed by atoms with Gasteiger partial charge < -0.3 is 20.9 Å². The Morgan fingerprint density at radius 1 is 1.38 bits per heavy atom. The van der Waals surface area contributed by atoms with E-state index in [9.17, 15) is 9.90 Å². The maximum absolute atomic E-state index is 12.4. The van der Waals surface area contributed by atoms with Crippen LogP contribution in [-0.4, -0.2) is 46.7 Å². The number of aliphatic hydroxyl groups is 1. The van der Waals surface area contributed by atoms with Gasteiger partial charge in [0.15, 0.2) is 5.84 Å². The maximum atomic E-state index is 12.4. The van der Waals surface area contributed by atoms with Gasteiger partial charge in [0.2, 0.25) is 5.91 Å². The van der Waals surface area contributed by atoms with E-state index in [2.05, 4.69) is 5.16 Å². The molecule has 0 aliphatic rings. The Bertz CT molecular complexity index is 474. The van der Waals surface area contributed by atoms with E-state index in [1.165, 1.54) is 4.90 Å². The number of aliphatic hydroxyl groups excluding tert-OH is 1. The van der Waals surface area contributed by atoms with Crippen molar-refractivity contribution in [1.82, 2.24) is 4.90 Å². The second-order valence-electron chi connectivity index (χ2n) is 5.16. The average Bonchev–Trinajstić information content (AvgIpc) is 2.49. The Morgan fingerprint density at radius 3 is 2.52 bits per heavy atom. The van der Waals surface area contributed by atoms with Gasteiger partial charge in [0.25, 0.3) is 0 Å². The lowest BCUT2D eigenvalue weighted by molar-refractivity contribution is -0.132. The van der Waals surface area contributed by atoms with E-state index in [0.29, 0.717) is 19.4 Å². The van der Waals surface area contributed by atoms with Gasteiger partial charge in [-0.15, -0.1) is 0 Å². The highest BCUT2D eigenvalue weighted by molar-refractivity contribution is 6.02. The van der Waals surface area contributed by atoms with Gasteiger partial charge in [-0.25, -0.2) is 0 Å². The van der Waals surface area contributed by atoms with Crippen LogP contribution in [-0.2, 0) is 11.2 Å². The van der Waals surface area contributed by atoms with Gasteiger partial charge in [-0.1, -0.05) is 35.5 Å². The third-order valence-corrected chi connectivity index (χ3v) is 3.31. The molecule has 21 heavy (non-hydrogen) atoms. The van der Waals surface area contributed by atoms with Crippen molar-refractivity contribution in [3.8, 4) is 0 Å². The largest absolute Gasteiger partial charge is 0.409 e. The molecule has 1 amide bonds. The number of hydrogen-bond donors (Lipinski definition) is 3. The number of hydrogen-bond acceptors (Lipinski definition) is 4. The molecule has 0 saturated carbocycles. The molecule has 116 valence electrons. The summed E-state index contributed by atoms with van der Waals surface area (Å²) in [5, 5.41) is 21.2. The first kappa shape index (κ1) is 17.0. The van der Waals surface area contributed by atoms with Crippen LogP contribution < -0.4 is 5.73 Å². The van der Waals surface area contributed by atoms with Crippen LogP contribution >= 0.6 is 0 Å². The molecule has 4 N–H and O–H groups in total. The van der Waals surface area contributed by atoms with Crippen LogP contribution in [0, 0.1) is 5.92 Å². The third-order valence-electron chi connectivity index (χ3n) is 3.31. The monoisotopic (exact) mass is 293 g/mol. The molecule has 0 aliphatic heterocycles. The predicted octanol–water partition coefficient (Wildman–Crippen LogP) is 0.821. The van der Waals surface area contributed by atoms with Gasteiger partial charge in [0, 0.05) is 13.6 Å². The summed E-state index contributed by atoms with van der Waals surface area (Å²) < 4.78 is 0. The van der Waals surface area contributed by atoms with Crippen LogP contribution in [0.1, 0.15) is 18.9 Å². The molecule has 1 aromatic rings. The van der Waals surface area contributed by atoms with Crippen LogP contribution in [0.3, 0.4) is 0 Å². The van der Waals surface area contributed by atoms with Gasteiger partial charge in [-0.3, -0.25) is 4.79 Å². The van der Waals surface area contributed by atoms with Gasteiger partial charge in [-0.2, -0.15) is 0 Å². The number of nitrogens with zero attached hydrogens (tertiary/aromatic N) is 2. The highest BCUT2D eigenvalue weighted by atomic mass is 16.4. The molecule has 0 aliphatic carbocycles. The highest BCUT2D eigenvalue weighted by Gasteiger charge is 2.26. The molecule has 6 heteroatoms. The minimum absolute atomic E-state index is 0.104. The maximum Gasteiger partial charge on any atom is 0.233 e. The number of amides is 1. The molecule has 1 aromatic carbocycles. The van der Waals surface area contributed by atoms with Crippen molar-refractivity contribution >= 4 is 11.7 Å². The molecule has 2 unspecified atom stereocenters. The quantitative estimate of drug-likeness (QED) is 0.300. The molecule has 1 rings (SSSR count). The van der Waals surface area contributed by atoms with E-state index in [0.717, 1.165) is 5.56 Å². The fourth-order valence-corrected chi connectivity index (χ4v) is 1.99. The SMILES string of the molecule is CC(O)CCN(C)C(=O)C(Cc1ccccc1)/C(N)=N/O.